The number of amides is 4. The van der Waals surface area contributed by atoms with Gasteiger partial charge in [-0.15, -0.1) is 0 Å². The highest BCUT2D eigenvalue weighted by Crippen LogP contribution is 2.29. The van der Waals surface area contributed by atoms with Crippen LogP contribution in [0.15, 0.2) is 48.0 Å². The number of carbonyl (C=O) groups is 3. The number of ether oxygens (including phenoxy) is 1. The minimum absolute atomic E-state index is 0.251. The fourth-order valence-electron chi connectivity index (χ4n) is 2.54. The number of hydrogen-bond acceptors (Lipinski definition) is 4. The van der Waals surface area contributed by atoms with Gasteiger partial charge in [0.25, 0.3) is 11.8 Å². The van der Waals surface area contributed by atoms with Gasteiger partial charge in [0.05, 0.1) is 12.3 Å². The number of halogens is 2. The van der Waals surface area contributed by atoms with Gasteiger partial charge >= 0.3 is 6.03 Å². The van der Waals surface area contributed by atoms with Gasteiger partial charge in [-0.1, -0.05) is 29.3 Å². The number of hydrogen-bond donors (Lipinski definition) is 1. The van der Waals surface area contributed by atoms with Gasteiger partial charge in [0, 0.05) is 15.6 Å². The molecule has 1 fully saturated rings. The van der Waals surface area contributed by atoms with Gasteiger partial charge in [0.2, 0.25) is 0 Å². The molecule has 0 spiro atoms. The highest BCUT2D eigenvalue weighted by atomic mass is 35.5. The Labute approximate surface area is 165 Å². The van der Waals surface area contributed by atoms with Gasteiger partial charge < -0.3 is 4.74 Å². The summed E-state index contributed by atoms with van der Waals surface area (Å²) in [6.07, 6.45) is 1.27. The second-order valence-corrected chi connectivity index (χ2v) is 6.33. The Morgan fingerprint density at radius 3 is 2.26 bits per heavy atom. The Balaban J connectivity index is 2.00. The van der Waals surface area contributed by atoms with E-state index in [4.69, 9.17) is 27.9 Å². The van der Waals surface area contributed by atoms with Crippen LogP contribution < -0.4 is 15.0 Å². The van der Waals surface area contributed by atoms with E-state index in [-0.39, 0.29) is 15.6 Å². The number of imide groups is 2. The number of anilines is 1. The molecule has 0 unspecified atom stereocenters. The molecule has 2 aromatic carbocycles. The van der Waals surface area contributed by atoms with Crippen molar-refractivity contribution in [2.45, 2.75) is 6.92 Å². The summed E-state index contributed by atoms with van der Waals surface area (Å²) < 4.78 is 5.35. The number of urea groups is 1. The number of nitrogens with zero attached hydrogens (tertiary/aromatic N) is 1. The van der Waals surface area contributed by atoms with E-state index >= 15 is 0 Å². The molecule has 1 aliphatic heterocycles. The molecule has 1 saturated heterocycles. The summed E-state index contributed by atoms with van der Waals surface area (Å²) in [4.78, 5) is 38.1. The van der Waals surface area contributed by atoms with E-state index in [1.807, 2.05) is 6.92 Å². The average Bonchev–Trinajstić information content (AvgIpc) is 2.62. The lowest BCUT2D eigenvalue weighted by Crippen LogP contribution is -2.54. The fraction of sp³-hybridized carbons (Fsp3) is 0.105. The molecule has 1 heterocycles. The van der Waals surface area contributed by atoms with Crippen LogP contribution in [0.2, 0.25) is 10.0 Å². The first-order valence-corrected chi connectivity index (χ1v) is 8.76. The normalized spacial score (nSPS) is 15.9. The van der Waals surface area contributed by atoms with E-state index in [0.29, 0.717) is 23.6 Å². The Kier molecular flexibility index (Phi) is 5.48. The smallest absolute Gasteiger partial charge is 0.335 e. The van der Waals surface area contributed by atoms with Crippen LogP contribution >= 0.6 is 23.2 Å². The van der Waals surface area contributed by atoms with Crippen LogP contribution in [0.4, 0.5) is 10.5 Å². The monoisotopic (exact) mass is 404 g/mol. The van der Waals surface area contributed by atoms with Gasteiger partial charge in [-0.25, -0.2) is 9.69 Å². The van der Waals surface area contributed by atoms with Gasteiger partial charge in [0.15, 0.2) is 0 Å². The highest BCUT2D eigenvalue weighted by molar-refractivity contribution is 6.41. The molecule has 0 saturated carbocycles. The van der Waals surface area contributed by atoms with Crippen LogP contribution in [0.1, 0.15) is 12.5 Å². The third-order valence-corrected chi connectivity index (χ3v) is 4.46. The summed E-state index contributed by atoms with van der Waals surface area (Å²) in [7, 11) is 0. The van der Waals surface area contributed by atoms with Crippen LogP contribution in [0, 0.1) is 0 Å². The predicted octanol–water partition coefficient (Wildman–Crippen LogP) is 4.06. The van der Waals surface area contributed by atoms with Gasteiger partial charge in [-0.05, 0) is 49.4 Å². The summed E-state index contributed by atoms with van der Waals surface area (Å²) >= 11 is 12.2. The molecule has 0 radical (unpaired) electrons. The SMILES string of the molecule is CCOc1ccc(N2C(=O)NC(=O)C(=Cc3c(Cl)cccc3Cl)C2=O)cc1. The zero-order valence-corrected chi connectivity index (χ0v) is 15.7. The lowest BCUT2D eigenvalue weighted by molar-refractivity contribution is -0.122. The van der Waals surface area contributed by atoms with Crippen LogP contribution in [-0.2, 0) is 9.59 Å². The second-order valence-electron chi connectivity index (χ2n) is 5.52. The number of rotatable bonds is 4. The summed E-state index contributed by atoms with van der Waals surface area (Å²) in [6, 6.07) is 10.3. The Morgan fingerprint density at radius 1 is 1.04 bits per heavy atom. The molecule has 0 aliphatic carbocycles. The average molecular weight is 405 g/mol. The number of carbonyl (C=O) groups excluding carboxylic acids is 3. The van der Waals surface area contributed by atoms with Crippen molar-refractivity contribution < 1.29 is 19.1 Å². The molecule has 0 aromatic heterocycles. The molecule has 3 rings (SSSR count). The van der Waals surface area contributed by atoms with Crippen molar-refractivity contribution in [2.24, 2.45) is 0 Å². The minimum Gasteiger partial charge on any atom is -0.494 e. The highest BCUT2D eigenvalue weighted by Gasteiger charge is 2.37. The Hall–Kier alpha value is -2.83. The molecular weight excluding hydrogens is 391 g/mol. The first kappa shape index (κ1) is 18.9. The summed E-state index contributed by atoms with van der Waals surface area (Å²) in [5, 5.41) is 2.70. The maximum absolute atomic E-state index is 12.8. The van der Waals surface area contributed by atoms with Crippen molar-refractivity contribution in [1.82, 2.24) is 5.32 Å². The third-order valence-electron chi connectivity index (χ3n) is 3.80. The van der Waals surface area contributed by atoms with Crippen LogP contribution in [0.25, 0.3) is 6.08 Å². The molecule has 1 aliphatic rings. The molecule has 1 N–H and O–H groups in total. The predicted molar refractivity (Wildman–Crippen MR) is 103 cm³/mol. The van der Waals surface area contributed by atoms with Crippen molar-refractivity contribution in [1.29, 1.82) is 0 Å². The third kappa shape index (κ3) is 3.82. The zero-order valence-electron chi connectivity index (χ0n) is 14.2. The van der Waals surface area contributed by atoms with Crippen molar-refractivity contribution in [3.8, 4) is 5.75 Å². The van der Waals surface area contributed by atoms with E-state index in [1.165, 1.54) is 6.08 Å². The minimum atomic E-state index is -0.837. The van der Waals surface area contributed by atoms with Crippen LogP contribution in [-0.4, -0.2) is 24.5 Å². The van der Waals surface area contributed by atoms with Crippen LogP contribution in [0.3, 0.4) is 0 Å². The summed E-state index contributed by atoms with van der Waals surface area (Å²) in [5.41, 5.74) is 0.364. The van der Waals surface area contributed by atoms with Crippen LogP contribution in [0.5, 0.6) is 5.75 Å². The molecule has 0 bridgehead atoms. The zero-order chi connectivity index (χ0) is 19.6. The van der Waals surface area contributed by atoms with E-state index in [2.05, 4.69) is 5.32 Å². The summed E-state index contributed by atoms with van der Waals surface area (Å²) in [5.74, 6) is -0.993. The number of benzene rings is 2. The maximum Gasteiger partial charge on any atom is 0.335 e. The van der Waals surface area contributed by atoms with Crippen molar-refractivity contribution in [2.75, 3.05) is 11.5 Å². The van der Waals surface area contributed by atoms with E-state index in [1.54, 1.807) is 42.5 Å². The molecule has 6 nitrogen and oxygen atoms in total. The standard InChI is InChI=1S/C19H14Cl2N2O4/c1-2-27-12-8-6-11(7-9-12)23-18(25)14(17(24)22-19(23)26)10-13-15(20)4-3-5-16(13)21/h3-10H,2H2,1H3,(H,22,24,26). The summed E-state index contributed by atoms with van der Waals surface area (Å²) in [6.45, 7) is 2.33. The Morgan fingerprint density at radius 2 is 1.67 bits per heavy atom. The van der Waals surface area contributed by atoms with E-state index in [0.717, 1.165) is 4.90 Å². The maximum atomic E-state index is 12.8. The molecule has 2 aromatic rings. The first-order chi connectivity index (χ1) is 12.9. The second kappa shape index (κ2) is 7.82. The first-order valence-electron chi connectivity index (χ1n) is 8.00. The number of barbiturate groups is 1. The largest absolute Gasteiger partial charge is 0.494 e. The molecule has 4 amide bonds. The van der Waals surface area contributed by atoms with Crippen molar-refractivity contribution >= 4 is 52.8 Å². The number of nitrogens with one attached hydrogen (secondary N) is 1. The quantitative estimate of drug-likeness (QED) is 0.615. The van der Waals surface area contributed by atoms with Gasteiger partial charge in [0.1, 0.15) is 11.3 Å². The fourth-order valence-corrected chi connectivity index (χ4v) is 3.05. The van der Waals surface area contributed by atoms with Gasteiger partial charge in [-0.3, -0.25) is 14.9 Å². The molecular formula is C19H14Cl2N2O4. The molecule has 8 heteroatoms. The topological polar surface area (TPSA) is 75.7 Å². The van der Waals surface area contributed by atoms with Crippen molar-refractivity contribution in [3.63, 3.8) is 0 Å². The van der Waals surface area contributed by atoms with Crippen molar-refractivity contribution in [3.05, 3.63) is 63.6 Å². The van der Waals surface area contributed by atoms with E-state index < -0.39 is 17.8 Å². The molecule has 0 atom stereocenters. The molecule has 138 valence electrons. The van der Waals surface area contributed by atoms with Gasteiger partial charge in [-0.2, -0.15) is 0 Å². The van der Waals surface area contributed by atoms with E-state index in [9.17, 15) is 14.4 Å². The Bertz CT molecular complexity index is 934. The lowest BCUT2D eigenvalue weighted by Gasteiger charge is -2.26. The lowest BCUT2D eigenvalue weighted by atomic mass is 10.1. The molecule has 27 heavy (non-hydrogen) atoms.